The van der Waals surface area contributed by atoms with Crippen LogP contribution in [0.15, 0.2) is 48.5 Å². The summed E-state index contributed by atoms with van der Waals surface area (Å²) in [6.07, 6.45) is 0. The van der Waals surface area contributed by atoms with E-state index in [9.17, 15) is 0 Å². The minimum Gasteiger partial charge on any atom is -0.492 e. The molecule has 0 aliphatic carbocycles. The maximum absolute atomic E-state index is 5.91. The summed E-state index contributed by atoms with van der Waals surface area (Å²) in [6, 6.07) is 16.3. The van der Waals surface area contributed by atoms with Crippen molar-refractivity contribution in [1.82, 2.24) is 9.88 Å². The minimum absolute atomic E-state index is 0.483. The summed E-state index contributed by atoms with van der Waals surface area (Å²) in [5.74, 6) is 1.76. The van der Waals surface area contributed by atoms with E-state index in [-0.39, 0.29) is 0 Å². The molecule has 0 bridgehead atoms. The Morgan fingerprint density at radius 1 is 0.933 bits per heavy atom. The summed E-state index contributed by atoms with van der Waals surface area (Å²) in [7, 11) is 0. The minimum atomic E-state index is 0.483. The van der Waals surface area contributed by atoms with Crippen LogP contribution < -0.4 is 9.47 Å². The van der Waals surface area contributed by atoms with E-state index in [1.54, 1.807) is 11.3 Å². The predicted octanol–water partition coefficient (Wildman–Crippen LogP) is 4.72. The number of benzene rings is 2. The fraction of sp³-hybridized carbons (Fsp3) is 0.375. The van der Waals surface area contributed by atoms with Gasteiger partial charge in [0, 0.05) is 30.1 Å². The molecule has 0 atom stereocenters. The lowest BCUT2D eigenvalue weighted by atomic mass is 10.1. The van der Waals surface area contributed by atoms with Crippen LogP contribution in [0.25, 0.3) is 11.3 Å². The molecule has 30 heavy (non-hydrogen) atoms. The van der Waals surface area contributed by atoms with Crippen LogP contribution in [-0.2, 0) is 11.3 Å². The van der Waals surface area contributed by atoms with Crippen molar-refractivity contribution in [2.75, 3.05) is 39.5 Å². The summed E-state index contributed by atoms with van der Waals surface area (Å²) >= 11 is 1.68. The first-order valence-electron chi connectivity index (χ1n) is 10.4. The standard InChI is InChI=1S/C24H28N2O3S/c1-18-3-7-22(8-4-18)29-17-23-25-24(19(2)30-23)20-5-9-21(10-6-20)28-16-13-26-11-14-27-15-12-26/h3-10H,11-17H2,1-2H3. The predicted molar refractivity (Wildman–Crippen MR) is 121 cm³/mol. The van der Waals surface area contributed by atoms with Crippen molar-refractivity contribution in [3.63, 3.8) is 0 Å². The van der Waals surface area contributed by atoms with E-state index in [0.717, 1.165) is 60.6 Å². The second kappa shape index (κ2) is 10.1. The van der Waals surface area contributed by atoms with Crippen LogP contribution in [0.2, 0.25) is 0 Å². The van der Waals surface area contributed by atoms with E-state index in [2.05, 4.69) is 43.0 Å². The van der Waals surface area contributed by atoms with E-state index in [1.165, 1.54) is 10.4 Å². The van der Waals surface area contributed by atoms with Gasteiger partial charge in [0.05, 0.1) is 18.9 Å². The molecule has 0 radical (unpaired) electrons. The summed E-state index contributed by atoms with van der Waals surface area (Å²) in [6.45, 7) is 9.89. The second-order valence-corrected chi connectivity index (χ2v) is 8.73. The number of hydrogen-bond acceptors (Lipinski definition) is 6. The van der Waals surface area contributed by atoms with Crippen molar-refractivity contribution in [2.24, 2.45) is 0 Å². The van der Waals surface area contributed by atoms with E-state index < -0.39 is 0 Å². The van der Waals surface area contributed by atoms with Crippen LogP contribution in [0.4, 0.5) is 0 Å². The number of hydrogen-bond donors (Lipinski definition) is 0. The van der Waals surface area contributed by atoms with Gasteiger partial charge >= 0.3 is 0 Å². The molecule has 1 fully saturated rings. The van der Waals surface area contributed by atoms with Crippen molar-refractivity contribution < 1.29 is 14.2 Å². The van der Waals surface area contributed by atoms with Gasteiger partial charge in [-0.15, -0.1) is 11.3 Å². The van der Waals surface area contributed by atoms with Crippen LogP contribution in [0.5, 0.6) is 11.5 Å². The molecular formula is C24H28N2O3S. The highest BCUT2D eigenvalue weighted by Crippen LogP contribution is 2.29. The zero-order valence-electron chi connectivity index (χ0n) is 17.6. The number of nitrogens with zero attached hydrogens (tertiary/aromatic N) is 2. The number of rotatable bonds is 8. The Morgan fingerprint density at radius 2 is 1.60 bits per heavy atom. The van der Waals surface area contributed by atoms with Gasteiger partial charge in [0.25, 0.3) is 0 Å². The fourth-order valence-corrected chi connectivity index (χ4v) is 4.26. The van der Waals surface area contributed by atoms with Crippen molar-refractivity contribution in [2.45, 2.75) is 20.5 Å². The molecule has 1 aliphatic rings. The molecule has 5 nitrogen and oxygen atoms in total. The molecular weight excluding hydrogens is 396 g/mol. The van der Waals surface area contributed by atoms with Gasteiger partial charge in [-0.3, -0.25) is 4.90 Å². The molecule has 158 valence electrons. The second-order valence-electron chi connectivity index (χ2n) is 7.44. The Kier molecular flexibility index (Phi) is 7.00. The molecule has 0 amide bonds. The first-order valence-corrected chi connectivity index (χ1v) is 11.2. The van der Waals surface area contributed by atoms with E-state index in [0.29, 0.717) is 13.2 Å². The molecule has 3 aromatic rings. The molecule has 1 saturated heterocycles. The molecule has 0 saturated carbocycles. The quantitative estimate of drug-likeness (QED) is 0.524. The average molecular weight is 425 g/mol. The van der Waals surface area contributed by atoms with Gasteiger partial charge in [-0.05, 0) is 50.2 Å². The summed E-state index contributed by atoms with van der Waals surface area (Å²) < 4.78 is 17.2. The highest BCUT2D eigenvalue weighted by molar-refractivity contribution is 7.12. The Bertz CT molecular complexity index is 932. The van der Waals surface area contributed by atoms with E-state index in [1.807, 2.05) is 24.3 Å². The van der Waals surface area contributed by atoms with Gasteiger partial charge in [-0.25, -0.2) is 4.98 Å². The molecule has 1 aromatic heterocycles. The van der Waals surface area contributed by atoms with Crippen molar-refractivity contribution in [1.29, 1.82) is 0 Å². The molecule has 0 spiro atoms. The number of thiazole rings is 1. The van der Waals surface area contributed by atoms with Gasteiger partial charge in [0.15, 0.2) is 0 Å². The maximum atomic E-state index is 5.91. The summed E-state index contributed by atoms with van der Waals surface area (Å²) in [5.41, 5.74) is 3.34. The zero-order chi connectivity index (χ0) is 20.8. The van der Waals surface area contributed by atoms with Crippen LogP contribution in [0, 0.1) is 13.8 Å². The normalized spacial score (nSPS) is 14.6. The molecule has 0 N–H and O–H groups in total. The maximum Gasteiger partial charge on any atom is 0.140 e. The molecule has 2 heterocycles. The van der Waals surface area contributed by atoms with Crippen molar-refractivity contribution in [3.8, 4) is 22.8 Å². The number of aryl methyl sites for hydroxylation is 2. The summed E-state index contributed by atoms with van der Waals surface area (Å²) in [5, 5.41) is 0.980. The fourth-order valence-electron chi connectivity index (χ4n) is 3.39. The van der Waals surface area contributed by atoms with Gasteiger partial charge in [0.1, 0.15) is 29.7 Å². The van der Waals surface area contributed by atoms with E-state index >= 15 is 0 Å². The third kappa shape index (κ3) is 5.59. The first kappa shape index (κ1) is 20.8. The van der Waals surface area contributed by atoms with Crippen LogP contribution in [-0.4, -0.2) is 49.3 Å². The van der Waals surface area contributed by atoms with Crippen LogP contribution in [0.1, 0.15) is 15.4 Å². The molecule has 1 aliphatic heterocycles. The SMILES string of the molecule is Cc1ccc(OCc2nc(-c3ccc(OCCN4CCOCC4)cc3)c(C)s2)cc1. The van der Waals surface area contributed by atoms with Gasteiger partial charge in [0.2, 0.25) is 0 Å². The highest BCUT2D eigenvalue weighted by atomic mass is 32.1. The molecule has 2 aromatic carbocycles. The molecule has 0 unspecified atom stereocenters. The Balaban J connectivity index is 1.31. The number of ether oxygens (including phenoxy) is 3. The van der Waals surface area contributed by atoms with Gasteiger partial charge in [-0.2, -0.15) is 0 Å². The highest BCUT2D eigenvalue weighted by Gasteiger charge is 2.12. The Morgan fingerprint density at radius 3 is 2.33 bits per heavy atom. The van der Waals surface area contributed by atoms with Crippen molar-refractivity contribution >= 4 is 11.3 Å². The van der Waals surface area contributed by atoms with Crippen LogP contribution >= 0.6 is 11.3 Å². The molecule has 4 rings (SSSR count). The topological polar surface area (TPSA) is 43.8 Å². The average Bonchev–Trinajstić information content (AvgIpc) is 3.15. The molecule has 6 heteroatoms. The number of aromatic nitrogens is 1. The first-order chi connectivity index (χ1) is 14.7. The monoisotopic (exact) mass is 424 g/mol. The largest absolute Gasteiger partial charge is 0.492 e. The third-order valence-electron chi connectivity index (χ3n) is 5.13. The third-order valence-corrected chi connectivity index (χ3v) is 6.08. The lowest BCUT2D eigenvalue weighted by molar-refractivity contribution is 0.0322. The van der Waals surface area contributed by atoms with Gasteiger partial charge < -0.3 is 14.2 Å². The number of morpholine rings is 1. The Labute approximate surface area is 182 Å². The smallest absolute Gasteiger partial charge is 0.140 e. The van der Waals surface area contributed by atoms with Crippen molar-refractivity contribution in [3.05, 3.63) is 64.0 Å². The lowest BCUT2D eigenvalue weighted by Crippen LogP contribution is -2.38. The lowest BCUT2D eigenvalue weighted by Gasteiger charge is -2.26. The zero-order valence-corrected chi connectivity index (χ0v) is 18.4. The summed E-state index contributed by atoms with van der Waals surface area (Å²) in [4.78, 5) is 8.36. The van der Waals surface area contributed by atoms with E-state index in [4.69, 9.17) is 19.2 Å². The van der Waals surface area contributed by atoms with Crippen LogP contribution in [0.3, 0.4) is 0 Å². The van der Waals surface area contributed by atoms with Gasteiger partial charge in [-0.1, -0.05) is 17.7 Å². The Hall–Kier alpha value is -2.41.